The SMILES string of the molecule is CO[C@H]1C[C@H]2[C@@H](CO)CCC[C@H]2CO1. The van der Waals surface area contributed by atoms with Gasteiger partial charge in [-0.15, -0.1) is 0 Å². The molecule has 2 rings (SSSR count). The average Bonchev–Trinajstić information content (AvgIpc) is 2.27. The Morgan fingerprint density at radius 2 is 2.29 bits per heavy atom. The summed E-state index contributed by atoms with van der Waals surface area (Å²) in [4.78, 5) is 0. The van der Waals surface area contributed by atoms with Gasteiger partial charge in [0.25, 0.3) is 0 Å². The van der Waals surface area contributed by atoms with Crippen LogP contribution in [0.25, 0.3) is 0 Å². The lowest BCUT2D eigenvalue weighted by Gasteiger charge is -2.42. The van der Waals surface area contributed by atoms with Gasteiger partial charge < -0.3 is 14.6 Å². The number of aliphatic hydroxyl groups is 1. The first-order valence-corrected chi connectivity index (χ1v) is 5.60. The number of methoxy groups -OCH3 is 1. The van der Waals surface area contributed by atoms with Crippen molar-refractivity contribution in [2.45, 2.75) is 32.0 Å². The molecule has 1 heterocycles. The first-order valence-electron chi connectivity index (χ1n) is 5.60. The Balaban J connectivity index is 1.98. The molecule has 0 radical (unpaired) electrons. The van der Waals surface area contributed by atoms with Gasteiger partial charge in [-0.05, 0) is 30.6 Å². The molecule has 0 aromatic heterocycles. The summed E-state index contributed by atoms with van der Waals surface area (Å²) in [6, 6.07) is 0. The van der Waals surface area contributed by atoms with Crippen LogP contribution < -0.4 is 0 Å². The number of ether oxygens (including phenoxy) is 2. The molecule has 14 heavy (non-hydrogen) atoms. The maximum atomic E-state index is 9.31. The number of hydrogen-bond acceptors (Lipinski definition) is 3. The molecule has 0 unspecified atom stereocenters. The van der Waals surface area contributed by atoms with E-state index in [-0.39, 0.29) is 6.29 Å². The minimum atomic E-state index is -0.0385. The van der Waals surface area contributed by atoms with Gasteiger partial charge in [0.15, 0.2) is 6.29 Å². The van der Waals surface area contributed by atoms with E-state index in [0.29, 0.717) is 24.4 Å². The average molecular weight is 200 g/mol. The van der Waals surface area contributed by atoms with Crippen LogP contribution in [0.5, 0.6) is 0 Å². The van der Waals surface area contributed by atoms with Crippen molar-refractivity contribution in [2.24, 2.45) is 17.8 Å². The van der Waals surface area contributed by atoms with Crippen molar-refractivity contribution in [1.82, 2.24) is 0 Å². The first-order chi connectivity index (χ1) is 6.85. The zero-order valence-electron chi connectivity index (χ0n) is 8.82. The summed E-state index contributed by atoms with van der Waals surface area (Å²) in [6.45, 7) is 1.15. The lowest BCUT2D eigenvalue weighted by molar-refractivity contribution is -0.191. The van der Waals surface area contributed by atoms with Gasteiger partial charge in [0, 0.05) is 20.1 Å². The van der Waals surface area contributed by atoms with Gasteiger partial charge in [-0.3, -0.25) is 0 Å². The summed E-state index contributed by atoms with van der Waals surface area (Å²) >= 11 is 0. The van der Waals surface area contributed by atoms with Gasteiger partial charge in [-0.1, -0.05) is 6.42 Å². The Bertz CT molecular complexity index is 177. The van der Waals surface area contributed by atoms with E-state index in [0.717, 1.165) is 13.0 Å². The van der Waals surface area contributed by atoms with Crippen LogP contribution in [-0.4, -0.2) is 31.7 Å². The van der Waals surface area contributed by atoms with E-state index in [1.54, 1.807) is 7.11 Å². The normalized spacial score (nSPS) is 43.3. The molecule has 0 amide bonds. The molecule has 1 saturated heterocycles. The molecule has 1 saturated carbocycles. The fourth-order valence-electron chi connectivity index (χ4n) is 2.96. The third kappa shape index (κ3) is 1.95. The predicted molar refractivity (Wildman–Crippen MR) is 52.8 cm³/mol. The number of aliphatic hydroxyl groups excluding tert-OH is 1. The van der Waals surface area contributed by atoms with E-state index < -0.39 is 0 Å². The van der Waals surface area contributed by atoms with Crippen LogP contribution in [0.3, 0.4) is 0 Å². The smallest absolute Gasteiger partial charge is 0.157 e. The van der Waals surface area contributed by atoms with Crippen molar-refractivity contribution in [3.05, 3.63) is 0 Å². The van der Waals surface area contributed by atoms with Crippen LogP contribution in [0.2, 0.25) is 0 Å². The molecule has 4 atom stereocenters. The minimum absolute atomic E-state index is 0.0385. The highest BCUT2D eigenvalue weighted by Gasteiger charge is 2.38. The quantitative estimate of drug-likeness (QED) is 0.732. The van der Waals surface area contributed by atoms with E-state index in [9.17, 15) is 5.11 Å². The highest BCUT2D eigenvalue weighted by Crippen LogP contribution is 2.41. The number of rotatable bonds is 2. The van der Waals surface area contributed by atoms with Gasteiger partial charge >= 0.3 is 0 Å². The molecule has 0 spiro atoms. The van der Waals surface area contributed by atoms with E-state index in [2.05, 4.69) is 0 Å². The summed E-state index contributed by atoms with van der Waals surface area (Å²) in [7, 11) is 1.70. The van der Waals surface area contributed by atoms with Crippen LogP contribution in [0.1, 0.15) is 25.7 Å². The van der Waals surface area contributed by atoms with Crippen molar-refractivity contribution in [3.8, 4) is 0 Å². The summed E-state index contributed by atoms with van der Waals surface area (Å²) in [5.41, 5.74) is 0. The summed E-state index contributed by atoms with van der Waals surface area (Å²) in [5, 5.41) is 9.31. The summed E-state index contributed by atoms with van der Waals surface area (Å²) < 4.78 is 10.8. The van der Waals surface area contributed by atoms with Gasteiger partial charge in [0.1, 0.15) is 0 Å². The Labute approximate surface area is 85.4 Å². The second-order valence-electron chi connectivity index (χ2n) is 4.53. The molecule has 2 fully saturated rings. The van der Waals surface area contributed by atoms with Crippen LogP contribution in [0, 0.1) is 17.8 Å². The molecule has 0 bridgehead atoms. The third-order valence-electron chi connectivity index (χ3n) is 3.82. The monoisotopic (exact) mass is 200 g/mol. The van der Waals surface area contributed by atoms with Crippen molar-refractivity contribution in [3.63, 3.8) is 0 Å². The molecule has 1 aliphatic heterocycles. The summed E-state index contributed by atoms with van der Waals surface area (Å²) in [6.07, 6.45) is 4.61. The lowest BCUT2D eigenvalue weighted by Crippen LogP contribution is -2.41. The molecule has 3 heteroatoms. The fraction of sp³-hybridized carbons (Fsp3) is 1.00. The first kappa shape index (κ1) is 10.4. The Morgan fingerprint density at radius 1 is 1.43 bits per heavy atom. The Hall–Kier alpha value is -0.120. The van der Waals surface area contributed by atoms with E-state index >= 15 is 0 Å². The molecule has 82 valence electrons. The van der Waals surface area contributed by atoms with Crippen molar-refractivity contribution < 1.29 is 14.6 Å². The van der Waals surface area contributed by atoms with Crippen molar-refractivity contribution in [1.29, 1.82) is 0 Å². The predicted octanol–water partition coefficient (Wildman–Crippen LogP) is 1.40. The van der Waals surface area contributed by atoms with E-state index in [1.807, 2.05) is 0 Å². The summed E-state index contributed by atoms with van der Waals surface area (Å²) in [5.74, 6) is 1.76. The van der Waals surface area contributed by atoms with Gasteiger partial charge in [0.2, 0.25) is 0 Å². The van der Waals surface area contributed by atoms with Crippen LogP contribution in [0.4, 0.5) is 0 Å². The minimum Gasteiger partial charge on any atom is -0.396 e. The van der Waals surface area contributed by atoms with Gasteiger partial charge in [0.05, 0.1) is 6.61 Å². The van der Waals surface area contributed by atoms with Crippen molar-refractivity contribution >= 4 is 0 Å². The van der Waals surface area contributed by atoms with Gasteiger partial charge in [-0.2, -0.15) is 0 Å². The van der Waals surface area contributed by atoms with E-state index in [4.69, 9.17) is 9.47 Å². The van der Waals surface area contributed by atoms with Crippen LogP contribution >= 0.6 is 0 Å². The lowest BCUT2D eigenvalue weighted by atomic mass is 9.70. The fourth-order valence-corrected chi connectivity index (χ4v) is 2.96. The second-order valence-corrected chi connectivity index (χ2v) is 4.53. The van der Waals surface area contributed by atoms with Gasteiger partial charge in [-0.25, -0.2) is 0 Å². The molecule has 3 nitrogen and oxygen atoms in total. The maximum Gasteiger partial charge on any atom is 0.157 e. The standard InChI is InChI=1S/C11H20O3/c1-13-11-5-10-8(6-12)3-2-4-9(10)7-14-11/h8-12H,2-7H2,1H3/t8-,9+,10+,11-/m1/s1. The molecular formula is C11H20O3. The highest BCUT2D eigenvalue weighted by molar-refractivity contribution is 4.85. The third-order valence-corrected chi connectivity index (χ3v) is 3.82. The van der Waals surface area contributed by atoms with Crippen molar-refractivity contribution in [2.75, 3.05) is 20.3 Å². The molecule has 0 aromatic carbocycles. The topological polar surface area (TPSA) is 38.7 Å². The van der Waals surface area contributed by atoms with E-state index in [1.165, 1.54) is 19.3 Å². The number of fused-ring (bicyclic) bond motifs is 1. The Kier molecular flexibility index (Phi) is 3.42. The zero-order chi connectivity index (χ0) is 9.97. The Morgan fingerprint density at radius 3 is 3.00 bits per heavy atom. The largest absolute Gasteiger partial charge is 0.396 e. The molecule has 0 aromatic rings. The van der Waals surface area contributed by atoms with Crippen LogP contribution in [0.15, 0.2) is 0 Å². The molecule has 1 N–H and O–H groups in total. The highest BCUT2D eigenvalue weighted by atomic mass is 16.7. The zero-order valence-corrected chi connectivity index (χ0v) is 8.82. The molecule has 1 aliphatic carbocycles. The number of hydrogen-bond donors (Lipinski definition) is 1. The van der Waals surface area contributed by atoms with Crippen LogP contribution in [-0.2, 0) is 9.47 Å². The maximum absolute atomic E-state index is 9.31. The molecule has 2 aliphatic rings. The second kappa shape index (κ2) is 4.60. The molecular weight excluding hydrogens is 180 g/mol.